The molecule has 2 heterocycles. The normalized spacial score (nSPS) is 25.5. The third kappa shape index (κ3) is 2.14. The van der Waals surface area contributed by atoms with Crippen LogP contribution < -0.4 is 0 Å². The van der Waals surface area contributed by atoms with Gasteiger partial charge in [-0.25, -0.2) is 9.79 Å². The Morgan fingerprint density at radius 3 is 2.95 bits per heavy atom. The Labute approximate surface area is 115 Å². The first-order chi connectivity index (χ1) is 9.20. The van der Waals surface area contributed by atoms with Gasteiger partial charge in [-0.15, -0.1) is 0 Å². The number of carbonyl (C=O) groups is 2. The van der Waals surface area contributed by atoms with E-state index in [-0.39, 0.29) is 24.3 Å². The average Bonchev–Trinajstić information content (AvgIpc) is 2.77. The van der Waals surface area contributed by atoms with E-state index in [1.54, 1.807) is 18.7 Å². The SMILES string of the molecule is CCOC(=O)C1=NC(=O)C2C(=N1)SC1=C2CCCC1. The predicted molar refractivity (Wildman–Crippen MR) is 73.1 cm³/mol. The highest BCUT2D eigenvalue weighted by atomic mass is 32.2. The molecular weight excluding hydrogens is 264 g/mol. The second-order valence-corrected chi connectivity index (χ2v) is 5.75. The van der Waals surface area contributed by atoms with Crippen LogP contribution in [0.25, 0.3) is 0 Å². The first-order valence-corrected chi connectivity index (χ1v) is 7.30. The number of fused-ring (bicyclic) bond motifs is 2. The first kappa shape index (κ1) is 12.6. The average molecular weight is 278 g/mol. The molecule has 5 nitrogen and oxygen atoms in total. The molecule has 6 heteroatoms. The molecule has 0 saturated carbocycles. The maximum absolute atomic E-state index is 12.1. The molecule has 0 aromatic heterocycles. The maximum atomic E-state index is 12.1. The second-order valence-electron chi connectivity index (χ2n) is 4.63. The number of hydrogen-bond acceptors (Lipinski definition) is 5. The molecule has 0 N–H and O–H groups in total. The van der Waals surface area contributed by atoms with Gasteiger partial charge in [-0.2, -0.15) is 4.99 Å². The summed E-state index contributed by atoms with van der Waals surface area (Å²) in [6.45, 7) is 1.96. The Bertz CT molecular complexity index is 548. The number of nitrogens with zero attached hydrogens (tertiary/aromatic N) is 2. The van der Waals surface area contributed by atoms with Crippen LogP contribution in [0.4, 0.5) is 0 Å². The van der Waals surface area contributed by atoms with Crippen molar-refractivity contribution in [3.8, 4) is 0 Å². The monoisotopic (exact) mass is 278 g/mol. The van der Waals surface area contributed by atoms with Crippen molar-refractivity contribution in [1.82, 2.24) is 0 Å². The largest absolute Gasteiger partial charge is 0.460 e. The van der Waals surface area contributed by atoms with Crippen LogP contribution in [0.1, 0.15) is 32.6 Å². The van der Waals surface area contributed by atoms with E-state index in [9.17, 15) is 9.59 Å². The van der Waals surface area contributed by atoms with Crippen LogP contribution in [0.3, 0.4) is 0 Å². The molecule has 0 spiro atoms. The Hall–Kier alpha value is -1.43. The Morgan fingerprint density at radius 2 is 2.16 bits per heavy atom. The van der Waals surface area contributed by atoms with E-state index in [2.05, 4.69) is 9.98 Å². The predicted octanol–water partition coefficient (Wildman–Crippen LogP) is 2.08. The standard InChI is InChI=1S/C13H14N2O3S/c1-2-18-13(17)10-14-11(16)9-7-5-3-4-6-8(7)19-12(9)15-10/h9H,2-6H2,1H3. The number of amides is 1. The highest BCUT2D eigenvalue weighted by Crippen LogP contribution is 2.47. The van der Waals surface area contributed by atoms with Gasteiger partial charge >= 0.3 is 5.97 Å². The molecule has 1 atom stereocenters. The van der Waals surface area contributed by atoms with Gasteiger partial charge in [0.1, 0.15) is 5.92 Å². The Morgan fingerprint density at radius 1 is 1.37 bits per heavy atom. The number of hydrogen-bond donors (Lipinski definition) is 0. The molecule has 0 fully saturated rings. The van der Waals surface area contributed by atoms with Crippen LogP contribution >= 0.6 is 11.8 Å². The van der Waals surface area contributed by atoms with Crippen LogP contribution in [0.2, 0.25) is 0 Å². The lowest BCUT2D eigenvalue weighted by Gasteiger charge is -2.17. The van der Waals surface area contributed by atoms with Crippen molar-refractivity contribution >= 4 is 34.5 Å². The summed E-state index contributed by atoms with van der Waals surface area (Å²) in [6, 6.07) is 0. The number of esters is 1. The van der Waals surface area contributed by atoms with Crippen molar-refractivity contribution in [1.29, 1.82) is 0 Å². The van der Waals surface area contributed by atoms with Crippen LogP contribution in [0.5, 0.6) is 0 Å². The van der Waals surface area contributed by atoms with E-state index in [4.69, 9.17) is 4.74 Å². The van der Waals surface area contributed by atoms with Crippen molar-refractivity contribution in [3.05, 3.63) is 10.5 Å². The Balaban J connectivity index is 1.89. The first-order valence-electron chi connectivity index (χ1n) is 6.48. The fraction of sp³-hybridized carbons (Fsp3) is 0.538. The van der Waals surface area contributed by atoms with Gasteiger partial charge in [0, 0.05) is 0 Å². The summed E-state index contributed by atoms with van der Waals surface area (Å²) >= 11 is 1.54. The number of amidine groups is 1. The van der Waals surface area contributed by atoms with Gasteiger partial charge in [-0.05, 0) is 43.1 Å². The number of aliphatic imine (C=N–C) groups is 2. The molecule has 3 aliphatic rings. The van der Waals surface area contributed by atoms with Gasteiger partial charge in [-0.3, -0.25) is 4.79 Å². The van der Waals surface area contributed by atoms with Gasteiger partial charge in [-0.1, -0.05) is 11.8 Å². The summed E-state index contributed by atoms with van der Waals surface area (Å²) < 4.78 is 4.84. The third-order valence-electron chi connectivity index (χ3n) is 3.42. The van der Waals surface area contributed by atoms with Gasteiger partial charge in [0.25, 0.3) is 5.91 Å². The molecule has 19 heavy (non-hydrogen) atoms. The molecule has 1 amide bonds. The highest BCUT2D eigenvalue weighted by Gasteiger charge is 2.41. The molecule has 1 aliphatic carbocycles. The molecular formula is C13H14N2O3S. The third-order valence-corrected chi connectivity index (χ3v) is 4.67. The van der Waals surface area contributed by atoms with E-state index >= 15 is 0 Å². The summed E-state index contributed by atoms with van der Waals surface area (Å²) in [5.41, 5.74) is 1.17. The number of ether oxygens (including phenoxy) is 1. The van der Waals surface area contributed by atoms with Crippen molar-refractivity contribution in [3.63, 3.8) is 0 Å². The van der Waals surface area contributed by atoms with E-state index in [0.29, 0.717) is 5.04 Å². The lowest BCUT2D eigenvalue weighted by molar-refractivity contribution is -0.135. The van der Waals surface area contributed by atoms with Crippen molar-refractivity contribution < 1.29 is 14.3 Å². The van der Waals surface area contributed by atoms with Crippen molar-refractivity contribution in [2.75, 3.05) is 6.61 Å². The lowest BCUT2D eigenvalue weighted by Crippen LogP contribution is -2.29. The maximum Gasteiger partial charge on any atom is 0.376 e. The molecule has 0 aromatic rings. The smallest absolute Gasteiger partial charge is 0.376 e. The Kier molecular flexibility index (Phi) is 3.26. The second kappa shape index (κ2) is 4.92. The van der Waals surface area contributed by atoms with Crippen LogP contribution in [-0.2, 0) is 14.3 Å². The van der Waals surface area contributed by atoms with Crippen LogP contribution in [0.15, 0.2) is 20.5 Å². The van der Waals surface area contributed by atoms with Gasteiger partial charge in [0.2, 0.25) is 5.84 Å². The topological polar surface area (TPSA) is 68.1 Å². The zero-order chi connectivity index (χ0) is 13.4. The highest BCUT2D eigenvalue weighted by molar-refractivity contribution is 8.17. The zero-order valence-electron chi connectivity index (χ0n) is 10.6. The quantitative estimate of drug-likeness (QED) is 0.725. The fourth-order valence-corrected chi connectivity index (χ4v) is 3.93. The molecule has 0 saturated heterocycles. The van der Waals surface area contributed by atoms with E-state index in [0.717, 1.165) is 25.7 Å². The van der Waals surface area contributed by atoms with Crippen molar-refractivity contribution in [2.45, 2.75) is 32.6 Å². The van der Waals surface area contributed by atoms with Gasteiger partial charge < -0.3 is 4.74 Å². The summed E-state index contributed by atoms with van der Waals surface area (Å²) in [6.07, 6.45) is 4.23. The minimum atomic E-state index is -0.618. The molecule has 3 rings (SSSR count). The summed E-state index contributed by atoms with van der Waals surface area (Å²) in [5.74, 6) is -1.32. The van der Waals surface area contributed by atoms with E-state index < -0.39 is 5.97 Å². The molecule has 1 unspecified atom stereocenters. The summed E-state index contributed by atoms with van der Waals surface area (Å²) in [4.78, 5) is 33.0. The summed E-state index contributed by atoms with van der Waals surface area (Å²) in [5, 5.41) is 0.704. The minimum absolute atomic E-state index is 0.106. The number of carbonyl (C=O) groups excluding carboxylic acids is 2. The van der Waals surface area contributed by atoms with Gasteiger partial charge in [0.05, 0.1) is 11.7 Å². The van der Waals surface area contributed by atoms with Crippen LogP contribution in [-0.4, -0.2) is 29.4 Å². The molecule has 2 aliphatic heterocycles. The zero-order valence-corrected chi connectivity index (χ0v) is 11.5. The van der Waals surface area contributed by atoms with Gasteiger partial charge in [0.15, 0.2) is 0 Å². The molecule has 0 aromatic carbocycles. The molecule has 0 radical (unpaired) electrons. The number of allylic oxidation sites excluding steroid dienone is 1. The number of thioether (sulfide) groups is 1. The van der Waals surface area contributed by atoms with E-state index in [1.807, 2.05) is 0 Å². The number of rotatable bonds is 2. The van der Waals surface area contributed by atoms with Crippen molar-refractivity contribution in [2.24, 2.45) is 15.9 Å². The molecule has 100 valence electrons. The fourth-order valence-electron chi connectivity index (χ4n) is 2.58. The molecule has 0 bridgehead atoms. The lowest BCUT2D eigenvalue weighted by atomic mass is 9.89. The van der Waals surface area contributed by atoms with E-state index in [1.165, 1.54) is 10.5 Å². The minimum Gasteiger partial charge on any atom is -0.460 e. The summed E-state index contributed by atoms with van der Waals surface area (Å²) in [7, 11) is 0. The van der Waals surface area contributed by atoms with Crippen LogP contribution in [0, 0.1) is 5.92 Å².